The average molecular weight is 145 g/mol. The number of aromatic nitrogens is 4. The molecule has 0 fully saturated rings. The first-order chi connectivity index (χ1) is 4.84. The molecule has 0 atom stereocenters. The van der Waals surface area contributed by atoms with Crippen molar-refractivity contribution in [3.05, 3.63) is 0 Å². The van der Waals surface area contributed by atoms with Gasteiger partial charge in [0.2, 0.25) is 5.95 Å². The number of hydrogen-bond donors (Lipinski definition) is 1. The minimum Gasteiger partial charge on any atom is -0.367 e. The maximum absolute atomic E-state index is 11.6. The summed E-state index contributed by atoms with van der Waals surface area (Å²) in [7, 11) is 0. The third-order valence-electron chi connectivity index (χ3n) is 1.06. The van der Waals surface area contributed by atoms with E-state index in [1.54, 1.807) is 0 Å². The van der Waals surface area contributed by atoms with Crippen LogP contribution in [0.1, 0.15) is 6.42 Å². The number of hydrogen-bond acceptors (Lipinski definition) is 4. The topological polar surface area (TPSA) is 69.6 Å². The van der Waals surface area contributed by atoms with E-state index >= 15 is 0 Å². The highest BCUT2D eigenvalue weighted by Gasteiger charge is 1.98. The molecule has 0 saturated carbocycles. The fourth-order valence-corrected chi connectivity index (χ4v) is 0.580. The average Bonchev–Trinajstić information content (AvgIpc) is 2.31. The Balaban J connectivity index is 2.49. The Hall–Kier alpha value is -1.20. The van der Waals surface area contributed by atoms with Crippen molar-refractivity contribution in [1.82, 2.24) is 20.2 Å². The van der Waals surface area contributed by atoms with Gasteiger partial charge >= 0.3 is 0 Å². The number of nitrogens with two attached hydrogens (primary N) is 1. The molecule has 2 N–H and O–H groups in total. The van der Waals surface area contributed by atoms with Crippen molar-refractivity contribution in [3.8, 4) is 0 Å². The van der Waals surface area contributed by atoms with Crippen LogP contribution in [-0.4, -0.2) is 26.9 Å². The van der Waals surface area contributed by atoms with Gasteiger partial charge in [-0.25, -0.2) is 4.68 Å². The minimum absolute atomic E-state index is 0.230. The molecule has 0 aliphatic heterocycles. The van der Waals surface area contributed by atoms with Crippen LogP contribution in [0.5, 0.6) is 0 Å². The van der Waals surface area contributed by atoms with Crippen LogP contribution in [-0.2, 0) is 6.54 Å². The molecule has 6 heteroatoms. The Kier molecular flexibility index (Phi) is 2.14. The van der Waals surface area contributed by atoms with Crippen molar-refractivity contribution < 1.29 is 4.39 Å². The van der Waals surface area contributed by atoms with Gasteiger partial charge in [-0.15, -0.1) is 0 Å². The number of anilines is 1. The lowest BCUT2D eigenvalue weighted by Gasteiger charge is -1.95. The van der Waals surface area contributed by atoms with E-state index in [2.05, 4.69) is 15.5 Å². The van der Waals surface area contributed by atoms with Crippen molar-refractivity contribution in [2.24, 2.45) is 0 Å². The minimum atomic E-state index is -0.376. The van der Waals surface area contributed by atoms with E-state index in [0.717, 1.165) is 0 Å². The molecule has 0 aliphatic rings. The molecule has 1 aromatic heterocycles. The molecular formula is C4H8FN5. The molecule has 0 radical (unpaired) electrons. The molecule has 1 rings (SSSR count). The third kappa shape index (κ3) is 1.40. The van der Waals surface area contributed by atoms with Crippen molar-refractivity contribution in [1.29, 1.82) is 0 Å². The Morgan fingerprint density at radius 2 is 2.40 bits per heavy atom. The second kappa shape index (κ2) is 3.09. The van der Waals surface area contributed by atoms with E-state index in [9.17, 15) is 4.39 Å². The molecule has 0 amide bonds. The Labute approximate surface area is 57.0 Å². The normalized spacial score (nSPS) is 10.1. The van der Waals surface area contributed by atoms with E-state index in [1.807, 2.05) is 0 Å². The van der Waals surface area contributed by atoms with Crippen LogP contribution in [0.4, 0.5) is 10.3 Å². The number of nitrogens with zero attached hydrogens (tertiary/aromatic N) is 4. The zero-order valence-electron chi connectivity index (χ0n) is 5.37. The summed E-state index contributed by atoms with van der Waals surface area (Å²) in [6.45, 7) is 0.0641. The SMILES string of the molecule is Nc1nnnn1CCCF. The van der Waals surface area contributed by atoms with E-state index < -0.39 is 0 Å². The van der Waals surface area contributed by atoms with Gasteiger partial charge in [0.05, 0.1) is 6.67 Å². The van der Waals surface area contributed by atoms with Crippen molar-refractivity contribution in [2.45, 2.75) is 13.0 Å². The molecule has 0 aliphatic carbocycles. The highest BCUT2D eigenvalue weighted by molar-refractivity contribution is 5.09. The molecule has 10 heavy (non-hydrogen) atoms. The standard InChI is InChI=1S/C4H8FN5/c5-2-1-3-10-4(6)7-8-9-10/h1-3H2,(H2,6,7,9). The number of tetrazole rings is 1. The van der Waals surface area contributed by atoms with Gasteiger partial charge in [0.15, 0.2) is 0 Å². The Morgan fingerprint density at radius 1 is 1.60 bits per heavy atom. The maximum Gasteiger partial charge on any atom is 0.240 e. The zero-order chi connectivity index (χ0) is 7.40. The third-order valence-corrected chi connectivity index (χ3v) is 1.06. The monoisotopic (exact) mass is 145 g/mol. The van der Waals surface area contributed by atoms with E-state index in [1.165, 1.54) is 4.68 Å². The quantitative estimate of drug-likeness (QED) is 0.629. The lowest BCUT2D eigenvalue weighted by Crippen LogP contribution is -2.05. The van der Waals surface area contributed by atoms with Crippen LogP contribution in [0.15, 0.2) is 0 Å². The molecule has 1 aromatic rings. The van der Waals surface area contributed by atoms with E-state index in [4.69, 9.17) is 5.73 Å². The van der Waals surface area contributed by atoms with Crippen LogP contribution in [0.3, 0.4) is 0 Å². The van der Waals surface area contributed by atoms with Gasteiger partial charge in [-0.2, -0.15) is 0 Å². The number of aryl methyl sites for hydroxylation is 1. The fourth-order valence-electron chi connectivity index (χ4n) is 0.580. The molecule has 5 nitrogen and oxygen atoms in total. The first-order valence-corrected chi connectivity index (χ1v) is 2.92. The highest BCUT2D eigenvalue weighted by atomic mass is 19.1. The lowest BCUT2D eigenvalue weighted by atomic mass is 10.5. The summed E-state index contributed by atoms with van der Waals surface area (Å²) >= 11 is 0. The number of alkyl halides is 1. The molecule has 0 unspecified atom stereocenters. The summed E-state index contributed by atoms with van der Waals surface area (Å²) in [6.07, 6.45) is 0.398. The van der Waals surface area contributed by atoms with Crippen LogP contribution >= 0.6 is 0 Å². The second-order valence-corrected chi connectivity index (χ2v) is 1.80. The van der Waals surface area contributed by atoms with Gasteiger partial charge in [-0.05, 0) is 16.8 Å². The second-order valence-electron chi connectivity index (χ2n) is 1.80. The number of halogens is 1. The molecule has 56 valence electrons. The van der Waals surface area contributed by atoms with Gasteiger partial charge < -0.3 is 5.73 Å². The summed E-state index contributed by atoms with van der Waals surface area (Å²) in [6, 6.07) is 0. The largest absolute Gasteiger partial charge is 0.367 e. The maximum atomic E-state index is 11.6. The van der Waals surface area contributed by atoms with Crippen molar-refractivity contribution in [2.75, 3.05) is 12.4 Å². The zero-order valence-corrected chi connectivity index (χ0v) is 5.37. The van der Waals surface area contributed by atoms with E-state index in [0.29, 0.717) is 13.0 Å². The lowest BCUT2D eigenvalue weighted by molar-refractivity contribution is 0.433. The number of nitrogen functional groups attached to an aromatic ring is 1. The smallest absolute Gasteiger partial charge is 0.240 e. The van der Waals surface area contributed by atoms with Gasteiger partial charge in [-0.3, -0.25) is 4.39 Å². The molecule has 0 aromatic carbocycles. The highest BCUT2D eigenvalue weighted by Crippen LogP contribution is 1.93. The van der Waals surface area contributed by atoms with Gasteiger partial charge in [0.25, 0.3) is 0 Å². The first-order valence-electron chi connectivity index (χ1n) is 2.92. The molecule has 0 saturated heterocycles. The fraction of sp³-hybridized carbons (Fsp3) is 0.750. The van der Waals surface area contributed by atoms with Crippen LogP contribution in [0.25, 0.3) is 0 Å². The number of rotatable bonds is 3. The summed E-state index contributed by atoms with van der Waals surface area (Å²) in [4.78, 5) is 0. The van der Waals surface area contributed by atoms with Gasteiger partial charge in [0.1, 0.15) is 0 Å². The molecular weight excluding hydrogens is 137 g/mol. The Bertz CT molecular complexity index is 197. The van der Waals surface area contributed by atoms with Crippen molar-refractivity contribution >= 4 is 5.95 Å². The predicted molar refractivity (Wildman–Crippen MR) is 32.8 cm³/mol. The van der Waals surface area contributed by atoms with Gasteiger partial charge in [-0.1, -0.05) is 5.10 Å². The van der Waals surface area contributed by atoms with Crippen molar-refractivity contribution in [3.63, 3.8) is 0 Å². The molecule has 0 spiro atoms. The summed E-state index contributed by atoms with van der Waals surface area (Å²) in [5, 5.41) is 10.2. The summed E-state index contributed by atoms with van der Waals surface area (Å²) in [5.74, 6) is 0.230. The summed E-state index contributed by atoms with van der Waals surface area (Å²) < 4.78 is 13.0. The first kappa shape index (κ1) is 6.91. The molecule has 1 heterocycles. The van der Waals surface area contributed by atoms with Gasteiger partial charge in [0, 0.05) is 6.54 Å². The predicted octanol–water partition coefficient (Wildman–Crippen LogP) is -0.385. The Morgan fingerprint density at radius 3 is 2.90 bits per heavy atom. The van der Waals surface area contributed by atoms with Crippen LogP contribution in [0, 0.1) is 0 Å². The van der Waals surface area contributed by atoms with Crippen LogP contribution in [0.2, 0.25) is 0 Å². The summed E-state index contributed by atoms with van der Waals surface area (Å²) in [5.41, 5.74) is 5.29. The van der Waals surface area contributed by atoms with E-state index in [-0.39, 0.29) is 12.6 Å². The molecule has 0 bridgehead atoms. The van der Waals surface area contributed by atoms with Crippen LogP contribution < -0.4 is 5.73 Å².